The number of carbonyl (C=O) groups excluding carboxylic acids is 1. The van der Waals surface area contributed by atoms with E-state index in [1.807, 2.05) is 0 Å². The van der Waals surface area contributed by atoms with Crippen molar-refractivity contribution in [1.29, 1.82) is 0 Å². The van der Waals surface area contributed by atoms with Crippen molar-refractivity contribution in [1.82, 2.24) is 15.2 Å². The van der Waals surface area contributed by atoms with Crippen molar-refractivity contribution in [2.75, 3.05) is 5.32 Å². The Hall–Kier alpha value is -2.70. The Bertz CT molecular complexity index is 563. The van der Waals surface area contributed by atoms with Crippen molar-refractivity contribution >= 4 is 17.6 Å². The molecular formula is C12H12N4O3. The van der Waals surface area contributed by atoms with Crippen LogP contribution in [0.4, 0.5) is 5.69 Å². The van der Waals surface area contributed by atoms with E-state index >= 15 is 0 Å². The van der Waals surface area contributed by atoms with Gasteiger partial charge in [0.15, 0.2) is 0 Å². The van der Waals surface area contributed by atoms with Crippen molar-refractivity contribution in [3.63, 3.8) is 0 Å². The van der Waals surface area contributed by atoms with Crippen molar-refractivity contribution in [3.8, 4) is 0 Å². The van der Waals surface area contributed by atoms with Gasteiger partial charge in [-0.25, -0.2) is 0 Å². The maximum atomic E-state index is 11.7. The van der Waals surface area contributed by atoms with Gasteiger partial charge in [0.2, 0.25) is 5.91 Å². The van der Waals surface area contributed by atoms with Crippen LogP contribution in [0, 0.1) is 0 Å². The molecule has 7 heteroatoms. The van der Waals surface area contributed by atoms with Gasteiger partial charge >= 0.3 is 5.97 Å². The lowest BCUT2D eigenvalue weighted by Gasteiger charge is -2.04. The number of carboxylic acid groups (broad SMARTS) is 1. The van der Waals surface area contributed by atoms with Gasteiger partial charge in [0.05, 0.1) is 30.4 Å². The van der Waals surface area contributed by atoms with E-state index in [-0.39, 0.29) is 18.7 Å². The molecule has 2 aromatic rings. The molecule has 0 fully saturated rings. The smallest absolute Gasteiger partial charge is 0.309 e. The first-order valence-electron chi connectivity index (χ1n) is 5.58. The van der Waals surface area contributed by atoms with Crippen LogP contribution in [0.15, 0.2) is 30.6 Å². The zero-order valence-electron chi connectivity index (χ0n) is 9.96. The Kier molecular flexibility index (Phi) is 3.87. The Morgan fingerprint density at radius 2 is 2.11 bits per heavy atom. The monoisotopic (exact) mass is 260 g/mol. The molecule has 0 radical (unpaired) electrons. The summed E-state index contributed by atoms with van der Waals surface area (Å²) in [5.74, 6) is -1.14. The van der Waals surface area contributed by atoms with Gasteiger partial charge in [0.25, 0.3) is 0 Å². The molecule has 7 nitrogen and oxygen atoms in total. The number of nitrogens with one attached hydrogen (secondary N) is 2. The maximum absolute atomic E-state index is 11.7. The number of pyridine rings is 1. The molecule has 0 aliphatic carbocycles. The van der Waals surface area contributed by atoms with Crippen molar-refractivity contribution < 1.29 is 14.7 Å². The van der Waals surface area contributed by atoms with Crippen LogP contribution in [0.25, 0.3) is 0 Å². The quantitative estimate of drug-likeness (QED) is 0.730. The number of anilines is 1. The molecule has 0 saturated heterocycles. The van der Waals surface area contributed by atoms with Crippen LogP contribution >= 0.6 is 0 Å². The van der Waals surface area contributed by atoms with Gasteiger partial charge in [0, 0.05) is 11.9 Å². The molecule has 2 aromatic heterocycles. The van der Waals surface area contributed by atoms with Crippen LogP contribution < -0.4 is 5.32 Å². The highest BCUT2D eigenvalue weighted by atomic mass is 16.4. The number of hydrogen-bond acceptors (Lipinski definition) is 4. The Labute approximate surface area is 108 Å². The molecular weight excluding hydrogens is 248 g/mol. The summed E-state index contributed by atoms with van der Waals surface area (Å²) in [6.07, 6.45) is 3.06. The fraction of sp³-hybridized carbons (Fsp3) is 0.167. The number of aromatic amines is 1. The number of hydrogen-bond donors (Lipinski definition) is 3. The summed E-state index contributed by atoms with van der Waals surface area (Å²) >= 11 is 0. The molecule has 0 atom stereocenters. The van der Waals surface area contributed by atoms with Gasteiger partial charge in [0.1, 0.15) is 0 Å². The number of carboxylic acids is 1. The summed E-state index contributed by atoms with van der Waals surface area (Å²) in [5, 5.41) is 17.7. The third-order valence-corrected chi connectivity index (χ3v) is 2.35. The van der Waals surface area contributed by atoms with E-state index in [0.29, 0.717) is 17.1 Å². The molecule has 0 aliphatic rings. The molecule has 98 valence electrons. The second-order valence-electron chi connectivity index (χ2n) is 3.92. The number of H-pyrrole nitrogens is 1. The fourth-order valence-corrected chi connectivity index (χ4v) is 1.52. The zero-order chi connectivity index (χ0) is 13.7. The average Bonchev–Trinajstić information content (AvgIpc) is 2.83. The van der Waals surface area contributed by atoms with Gasteiger partial charge < -0.3 is 10.4 Å². The Morgan fingerprint density at radius 1 is 1.26 bits per heavy atom. The van der Waals surface area contributed by atoms with E-state index in [1.165, 1.54) is 6.20 Å². The number of aliphatic carboxylic acids is 1. The molecule has 2 rings (SSSR count). The third-order valence-electron chi connectivity index (χ3n) is 2.35. The third kappa shape index (κ3) is 3.91. The lowest BCUT2D eigenvalue weighted by Crippen LogP contribution is -2.15. The number of aromatic nitrogens is 3. The second kappa shape index (κ2) is 5.76. The number of nitrogens with zero attached hydrogens (tertiary/aromatic N) is 2. The molecule has 2 heterocycles. The van der Waals surface area contributed by atoms with Gasteiger partial charge in [-0.2, -0.15) is 5.10 Å². The lowest BCUT2D eigenvalue weighted by atomic mass is 10.2. The number of amides is 1. The number of rotatable bonds is 5. The molecule has 0 aromatic carbocycles. The van der Waals surface area contributed by atoms with Crippen LogP contribution in [0.2, 0.25) is 0 Å². The minimum absolute atomic E-state index is 0.137. The summed E-state index contributed by atoms with van der Waals surface area (Å²) < 4.78 is 0. The van der Waals surface area contributed by atoms with Crippen molar-refractivity contribution in [3.05, 3.63) is 42.0 Å². The average molecular weight is 260 g/mol. The van der Waals surface area contributed by atoms with Crippen molar-refractivity contribution in [2.45, 2.75) is 12.8 Å². The largest absolute Gasteiger partial charge is 0.481 e. The van der Waals surface area contributed by atoms with Crippen LogP contribution in [0.3, 0.4) is 0 Å². The highest BCUT2D eigenvalue weighted by Crippen LogP contribution is 2.07. The van der Waals surface area contributed by atoms with Crippen molar-refractivity contribution in [2.24, 2.45) is 0 Å². The highest BCUT2D eigenvalue weighted by Gasteiger charge is 2.06. The van der Waals surface area contributed by atoms with E-state index in [0.717, 1.165) is 0 Å². The van der Waals surface area contributed by atoms with Crippen LogP contribution in [0.1, 0.15) is 11.4 Å². The minimum atomic E-state index is -0.941. The molecule has 0 unspecified atom stereocenters. The first-order chi connectivity index (χ1) is 9.13. The van der Waals surface area contributed by atoms with Gasteiger partial charge in [-0.3, -0.25) is 19.7 Å². The molecule has 1 amide bonds. The molecule has 19 heavy (non-hydrogen) atoms. The standard InChI is InChI=1S/C12H12N4O3/c17-11(5-9-3-4-14-16-9)15-10-2-1-8(13-7-10)6-12(18)19/h1-4,7H,5-6H2,(H,14,16)(H,15,17)(H,18,19). The Balaban J connectivity index is 1.92. The first-order valence-corrected chi connectivity index (χ1v) is 5.58. The first kappa shape index (κ1) is 12.7. The second-order valence-corrected chi connectivity index (χ2v) is 3.92. The van der Waals surface area contributed by atoms with E-state index in [1.54, 1.807) is 24.4 Å². The summed E-state index contributed by atoms with van der Waals surface area (Å²) in [4.78, 5) is 26.1. The van der Waals surface area contributed by atoms with Gasteiger partial charge in [-0.05, 0) is 18.2 Å². The minimum Gasteiger partial charge on any atom is -0.481 e. The highest BCUT2D eigenvalue weighted by molar-refractivity contribution is 5.91. The summed E-state index contributed by atoms with van der Waals surface area (Å²) in [5.41, 5.74) is 1.69. The topological polar surface area (TPSA) is 108 Å². The predicted octanol–water partition coefficient (Wildman–Crippen LogP) is 0.613. The zero-order valence-corrected chi connectivity index (χ0v) is 9.96. The van der Waals surface area contributed by atoms with E-state index < -0.39 is 5.97 Å². The van der Waals surface area contributed by atoms with Crippen LogP contribution in [-0.2, 0) is 22.4 Å². The summed E-state index contributed by atoms with van der Waals surface area (Å²) in [6.45, 7) is 0. The number of carbonyl (C=O) groups is 2. The SMILES string of the molecule is O=C(O)Cc1ccc(NC(=O)Cc2ccn[nH]2)cn1. The van der Waals surface area contributed by atoms with Crippen LogP contribution in [-0.4, -0.2) is 32.2 Å². The molecule has 3 N–H and O–H groups in total. The summed E-state index contributed by atoms with van der Waals surface area (Å²) in [6, 6.07) is 4.91. The molecule has 0 aliphatic heterocycles. The molecule has 0 saturated carbocycles. The van der Waals surface area contributed by atoms with E-state index in [9.17, 15) is 9.59 Å². The Morgan fingerprint density at radius 3 is 2.68 bits per heavy atom. The predicted molar refractivity (Wildman–Crippen MR) is 66.5 cm³/mol. The molecule has 0 spiro atoms. The summed E-state index contributed by atoms with van der Waals surface area (Å²) in [7, 11) is 0. The fourth-order valence-electron chi connectivity index (χ4n) is 1.52. The van der Waals surface area contributed by atoms with E-state index in [4.69, 9.17) is 5.11 Å². The normalized spacial score (nSPS) is 10.1. The van der Waals surface area contributed by atoms with Gasteiger partial charge in [-0.1, -0.05) is 0 Å². The molecule has 0 bridgehead atoms. The van der Waals surface area contributed by atoms with Gasteiger partial charge in [-0.15, -0.1) is 0 Å². The lowest BCUT2D eigenvalue weighted by molar-refractivity contribution is -0.136. The van der Waals surface area contributed by atoms with E-state index in [2.05, 4.69) is 20.5 Å². The van der Waals surface area contributed by atoms with Crippen LogP contribution in [0.5, 0.6) is 0 Å². The maximum Gasteiger partial charge on any atom is 0.309 e.